The van der Waals surface area contributed by atoms with Gasteiger partial charge in [0.05, 0.1) is 24.5 Å². The van der Waals surface area contributed by atoms with Crippen molar-refractivity contribution in [2.24, 2.45) is 11.3 Å². The Kier molecular flexibility index (Phi) is 5.29. The van der Waals surface area contributed by atoms with Gasteiger partial charge in [-0.3, -0.25) is 9.69 Å². The summed E-state index contributed by atoms with van der Waals surface area (Å²) in [7, 11) is 1.72. The second kappa shape index (κ2) is 7.97. The molecule has 0 radical (unpaired) electrons. The Labute approximate surface area is 185 Å². The number of hydrogen-bond donors (Lipinski definition) is 0. The molecule has 2 saturated heterocycles. The second-order valence-electron chi connectivity index (χ2n) is 9.97. The Bertz CT molecular complexity index is 951. The van der Waals surface area contributed by atoms with E-state index in [1.807, 2.05) is 18.5 Å². The number of likely N-dealkylation sites (tertiary alicyclic amines) is 2. The van der Waals surface area contributed by atoms with E-state index in [-0.39, 0.29) is 11.3 Å². The number of nitrogens with zero attached hydrogens (tertiary/aromatic N) is 4. The standard InChI is InChI=1S/C25H34N4O2/c1-18(2)29-15-22(26-17-29)21-14-27(13-20-6-4-5-7-23(20)31-3)16-25(21)10-11-28(24(25)30)12-19-8-9-19/h4-7,15,17-19,21H,8-14,16H2,1-3H3/t21-,25-/m0/s1. The zero-order chi connectivity index (χ0) is 21.6. The predicted octanol–water partition coefficient (Wildman–Crippen LogP) is 3.70. The van der Waals surface area contributed by atoms with Gasteiger partial charge in [0.1, 0.15) is 5.75 Å². The van der Waals surface area contributed by atoms with E-state index in [1.54, 1.807) is 7.11 Å². The first-order valence-electron chi connectivity index (χ1n) is 11.7. The largest absolute Gasteiger partial charge is 0.496 e. The maximum Gasteiger partial charge on any atom is 0.230 e. The maximum atomic E-state index is 13.8. The Morgan fingerprint density at radius 3 is 2.77 bits per heavy atom. The fourth-order valence-electron chi connectivity index (χ4n) is 5.51. The molecule has 166 valence electrons. The van der Waals surface area contributed by atoms with Gasteiger partial charge in [-0.05, 0) is 45.1 Å². The summed E-state index contributed by atoms with van der Waals surface area (Å²) >= 11 is 0. The van der Waals surface area contributed by atoms with E-state index < -0.39 is 0 Å². The first kappa shape index (κ1) is 20.6. The van der Waals surface area contributed by atoms with Crippen LogP contribution in [0, 0.1) is 11.3 Å². The molecule has 1 saturated carbocycles. The van der Waals surface area contributed by atoms with Crippen molar-refractivity contribution in [1.29, 1.82) is 0 Å². The molecule has 2 atom stereocenters. The summed E-state index contributed by atoms with van der Waals surface area (Å²) in [6.45, 7) is 8.62. The highest BCUT2D eigenvalue weighted by Crippen LogP contribution is 2.50. The first-order chi connectivity index (χ1) is 15.0. The predicted molar refractivity (Wildman–Crippen MR) is 120 cm³/mol. The van der Waals surface area contributed by atoms with Gasteiger partial charge in [0.2, 0.25) is 5.91 Å². The van der Waals surface area contributed by atoms with E-state index >= 15 is 0 Å². The van der Waals surface area contributed by atoms with Crippen molar-refractivity contribution in [3.05, 3.63) is 48.0 Å². The number of ether oxygens (including phenoxy) is 1. The lowest BCUT2D eigenvalue weighted by Gasteiger charge is -2.28. The molecule has 0 N–H and O–H groups in total. The molecule has 2 aliphatic heterocycles. The van der Waals surface area contributed by atoms with Gasteiger partial charge in [0, 0.05) is 56.4 Å². The van der Waals surface area contributed by atoms with Gasteiger partial charge in [0.15, 0.2) is 0 Å². The third-order valence-corrected chi connectivity index (χ3v) is 7.49. The molecule has 3 heterocycles. The minimum absolute atomic E-state index is 0.138. The average Bonchev–Trinajstić information content (AvgIpc) is 3.18. The summed E-state index contributed by atoms with van der Waals surface area (Å²) in [6.07, 6.45) is 7.58. The minimum atomic E-state index is -0.354. The number of hydrogen-bond acceptors (Lipinski definition) is 4. The summed E-state index contributed by atoms with van der Waals surface area (Å²) < 4.78 is 7.75. The molecule has 1 aliphatic carbocycles. The summed E-state index contributed by atoms with van der Waals surface area (Å²) in [5.74, 6) is 2.13. The fraction of sp³-hybridized carbons (Fsp3) is 0.600. The first-order valence-corrected chi connectivity index (χ1v) is 11.7. The van der Waals surface area contributed by atoms with E-state index in [1.165, 1.54) is 18.4 Å². The Balaban J connectivity index is 1.44. The van der Waals surface area contributed by atoms with Crippen LogP contribution < -0.4 is 4.74 Å². The second-order valence-corrected chi connectivity index (χ2v) is 9.97. The number of methoxy groups -OCH3 is 1. The molecule has 3 fully saturated rings. The zero-order valence-electron chi connectivity index (χ0n) is 19.0. The average molecular weight is 423 g/mol. The highest BCUT2D eigenvalue weighted by Gasteiger charge is 2.58. The van der Waals surface area contributed by atoms with Crippen LogP contribution in [0.2, 0.25) is 0 Å². The fourth-order valence-corrected chi connectivity index (χ4v) is 5.51. The molecule has 0 bridgehead atoms. The normalized spacial score (nSPS) is 26.5. The molecule has 5 rings (SSSR count). The van der Waals surface area contributed by atoms with Gasteiger partial charge >= 0.3 is 0 Å². The SMILES string of the molecule is COc1ccccc1CN1C[C@@H](c2cn(C(C)C)cn2)[C@]2(CCN(CC3CC3)C2=O)C1. The molecule has 2 aromatic rings. The molecule has 31 heavy (non-hydrogen) atoms. The van der Waals surface area contributed by atoms with Crippen LogP contribution in [0.5, 0.6) is 5.75 Å². The third kappa shape index (κ3) is 3.75. The minimum Gasteiger partial charge on any atom is -0.496 e. The number of rotatable bonds is 7. The lowest BCUT2D eigenvalue weighted by Crippen LogP contribution is -2.40. The van der Waals surface area contributed by atoms with Crippen LogP contribution in [0.15, 0.2) is 36.8 Å². The van der Waals surface area contributed by atoms with Crippen molar-refractivity contribution < 1.29 is 9.53 Å². The number of carbonyl (C=O) groups excluding carboxylic acids is 1. The van der Waals surface area contributed by atoms with Gasteiger partial charge < -0.3 is 14.2 Å². The summed E-state index contributed by atoms with van der Waals surface area (Å²) in [5, 5.41) is 0. The van der Waals surface area contributed by atoms with E-state index in [0.717, 1.165) is 56.5 Å². The van der Waals surface area contributed by atoms with Gasteiger partial charge in [-0.1, -0.05) is 18.2 Å². The number of amides is 1. The Morgan fingerprint density at radius 1 is 1.26 bits per heavy atom. The monoisotopic (exact) mass is 422 g/mol. The number of carbonyl (C=O) groups is 1. The van der Waals surface area contributed by atoms with Crippen LogP contribution in [0.1, 0.15) is 56.3 Å². The zero-order valence-corrected chi connectivity index (χ0v) is 19.0. The highest BCUT2D eigenvalue weighted by atomic mass is 16.5. The summed E-state index contributed by atoms with van der Waals surface area (Å²) in [4.78, 5) is 23.2. The molecular weight excluding hydrogens is 388 g/mol. The van der Waals surface area contributed by atoms with Crippen LogP contribution in [0.3, 0.4) is 0 Å². The highest BCUT2D eigenvalue weighted by molar-refractivity contribution is 5.87. The maximum absolute atomic E-state index is 13.8. The molecule has 1 aromatic heterocycles. The molecule has 1 spiro atoms. The van der Waals surface area contributed by atoms with Crippen molar-refractivity contribution in [1.82, 2.24) is 19.4 Å². The Hall–Kier alpha value is -2.34. The van der Waals surface area contributed by atoms with Crippen molar-refractivity contribution in [2.75, 3.05) is 33.3 Å². The van der Waals surface area contributed by atoms with E-state index in [9.17, 15) is 4.79 Å². The topological polar surface area (TPSA) is 50.6 Å². The van der Waals surface area contributed by atoms with Crippen molar-refractivity contribution in [3.8, 4) is 5.75 Å². The van der Waals surface area contributed by atoms with Crippen molar-refractivity contribution in [3.63, 3.8) is 0 Å². The number of imidazole rings is 1. The lowest BCUT2D eigenvalue weighted by molar-refractivity contribution is -0.136. The third-order valence-electron chi connectivity index (χ3n) is 7.49. The smallest absolute Gasteiger partial charge is 0.230 e. The summed E-state index contributed by atoms with van der Waals surface area (Å²) in [5.41, 5.74) is 1.89. The van der Waals surface area contributed by atoms with Crippen LogP contribution in [0.4, 0.5) is 0 Å². The molecule has 6 nitrogen and oxygen atoms in total. The van der Waals surface area contributed by atoms with Crippen LogP contribution in [-0.2, 0) is 11.3 Å². The number of benzene rings is 1. The quantitative estimate of drug-likeness (QED) is 0.683. The van der Waals surface area contributed by atoms with Crippen LogP contribution in [-0.4, -0.2) is 58.5 Å². The van der Waals surface area contributed by atoms with Crippen molar-refractivity contribution >= 4 is 5.91 Å². The molecular formula is C25H34N4O2. The van der Waals surface area contributed by atoms with E-state index in [2.05, 4.69) is 46.5 Å². The molecule has 1 amide bonds. The van der Waals surface area contributed by atoms with Gasteiger partial charge in [-0.2, -0.15) is 0 Å². The number of aromatic nitrogens is 2. The van der Waals surface area contributed by atoms with Gasteiger partial charge in [-0.15, -0.1) is 0 Å². The van der Waals surface area contributed by atoms with Crippen molar-refractivity contribution in [2.45, 2.75) is 51.6 Å². The summed E-state index contributed by atoms with van der Waals surface area (Å²) in [6, 6.07) is 8.58. The van der Waals surface area contributed by atoms with E-state index in [0.29, 0.717) is 11.9 Å². The lowest BCUT2D eigenvalue weighted by atomic mass is 9.75. The van der Waals surface area contributed by atoms with Crippen LogP contribution >= 0.6 is 0 Å². The molecule has 3 aliphatic rings. The molecule has 1 aromatic carbocycles. The van der Waals surface area contributed by atoms with Gasteiger partial charge in [-0.25, -0.2) is 4.98 Å². The number of para-hydroxylation sites is 1. The van der Waals surface area contributed by atoms with Crippen LogP contribution in [0.25, 0.3) is 0 Å². The van der Waals surface area contributed by atoms with Gasteiger partial charge in [0.25, 0.3) is 0 Å². The Morgan fingerprint density at radius 2 is 2.06 bits per heavy atom. The molecule has 6 heteroatoms. The van der Waals surface area contributed by atoms with E-state index in [4.69, 9.17) is 9.72 Å². The molecule has 0 unspecified atom stereocenters.